The van der Waals surface area contributed by atoms with Gasteiger partial charge in [-0.25, -0.2) is 0 Å². The van der Waals surface area contributed by atoms with Crippen LogP contribution in [0.15, 0.2) is 12.2 Å². The molecular weight excluding hydrogens is 250 g/mol. The van der Waals surface area contributed by atoms with Crippen LogP contribution in [0.1, 0.15) is 39.0 Å². The van der Waals surface area contributed by atoms with E-state index in [2.05, 4.69) is 28.6 Å². The van der Waals surface area contributed by atoms with Crippen LogP contribution in [0.25, 0.3) is 0 Å². The summed E-state index contributed by atoms with van der Waals surface area (Å²) < 4.78 is 0. The second-order valence-electron chi connectivity index (χ2n) is 6.37. The standard InChI is InChI=1S/C16H29N3O/c1-14(2)13-19-11-9-18(10-12-19)8-7-16(20)17-15-5-3-4-6-15/h15H,1,3-13H2,2H3,(H,17,20). The molecule has 1 aliphatic carbocycles. The third kappa shape index (κ3) is 5.25. The third-order valence-electron chi connectivity index (χ3n) is 4.33. The van der Waals surface area contributed by atoms with Gasteiger partial charge in [-0.1, -0.05) is 25.0 Å². The minimum absolute atomic E-state index is 0.237. The molecule has 2 fully saturated rings. The number of carbonyl (C=O) groups excluding carboxylic acids is 1. The largest absolute Gasteiger partial charge is 0.353 e. The van der Waals surface area contributed by atoms with E-state index in [0.29, 0.717) is 12.5 Å². The molecule has 0 unspecified atom stereocenters. The Morgan fingerprint density at radius 1 is 1.15 bits per heavy atom. The minimum Gasteiger partial charge on any atom is -0.353 e. The Bertz CT molecular complexity index is 329. The zero-order valence-electron chi connectivity index (χ0n) is 12.9. The molecule has 1 saturated heterocycles. The molecule has 0 aromatic rings. The van der Waals surface area contributed by atoms with Gasteiger partial charge in [-0.05, 0) is 19.8 Å². The molecule has 1 heterocycles. The lowest BCUT2D eigenvalue weighted by atomic mass is 10.2. The van der Waals surface area contributed by atoms with E-state index in [4.69, 9.17) is 0 Å². The summed E-state index contributed by atoms with van der Waals surface area (Å²) in [5.41, 5.74) is 1.23. The molecule has 0 aromatic heterocycles. The van der Waals surface area contributed by atoms with E-state index in [1.165, 1.54) is 31.3 Å². The average molecular weight is 279 g/mol. The summed E-state index contributed by atoms with van der Waals surface area (Å²) in [5, 5.41) is 3.17. The van der Waals surface area contributed by atoms with E-state index in [1.807, 2.05) is 0 Å². The van der Waals surface area contributed by atoms with Gasteiger partial charge in [0.05, 0.1) is 0 Å². The number of hydrogen-bond acceptors (Lipinski definition) is 3. The van der Waals surface area contributed by atoms with Crippen molar-refractivity contribution >= 4 is 5.91 Å². The lowest BCUT2D eigenvalue weighted by Crippen LogP contribution is -2.47. The Morgan fingerprint density at radius 3 is 2.35 bits per heavy atom. The Hall–Kier alpha value is -0.870. The summed E-state index contributed by atoms with van der Waals surface area (Å²) in [4.78, 5) is 16.7. The highest BCUT2D eigenvalue weighted by Crippen LogP contribution is 2.17. The molecule has 2 aliphatic rings. The monoisotopic (exact) mass is 279 g/mol. The summed E-state index contributed by atoms with van der Waals surface area (Å²) in [6, 6.07) is 0.454. The Morgan fingerprint density at radius 2 is 1.75 bits per heavy atom. The number of nitrogens with zero attached hydrogens (tertiary/aromatic N) is 2. The SMILES string of the molecule is C=C(C)CN1CCN(CCC(=O)NC2CCCC2)CC1. The van der Waals surface area contributed by atoms with E-state index in [9.17, 15) is 4.79 Å². The van der Waals surface area contributed by atoms with E-state index in [0.717, 1.165) is 39.3 Å². The second-order valence-corrected chi connectivity index (χ2v) is 6.37. The smallest absolute Gasteiger partial charge is 0.221 e. The van der Waals surface area contributed by atoms with E-state index >= 15 is 0 Å². The van der Waals surface area contributed by atoms with Crippen LogP contribution in [-0.4, -0.2) is 61.0 Å². The van der Waals surface area contributed by atoms with E-state index in [1.54, 1.807) is 0 Å². The van der Waals surface area contributed by atoms with Crippen molar-refractivity contribution in [3.05, 3.63) is 12.2 Å². The summed E-state index contributed by atoms with van der Waals surface area (Å²) in [7, 11) is 0. The number of piperazine rings is 1. The fraction of sp³-hybridized carbons (Fsp3) is 0.812. The summed E-state index contributed by atoms with van der Waals surface area (Å²) in [6.45, 7) is 12.3. The summed E-state index contributed by atoms with van der Waals surface area (Å²) >= 11 is 0. The van der Waals surface area contributed by atoms with Gasteiger partial charge in [0.15, 0.2) is 0 Å². The van der Waals surface area contributed by atoms with Gasteiger partial charge in [0.2, 0.25) is 5.91 Å². The maximum absolute atomic E-state index is 11.9. The molecule has 4 nitrogen and oxygen atoms in total. The maximum Gasteiger partial charge on any atom is 0.221 e. The number of nitrogens with one attached hydrogen (secondary N) is 1. The first-order valence-electron chi connectivity index (χ1n) is 8.02. The molecule has 20 heavy (non-hydrogen) atoms. The normalized spacial score (nSPS) is 22.1. The second kappa shape index (κ2) is 7.79. The fourth-order valence-electron chi connectivity index (χ4n) is 3.18. The van der Waals surface area contributed by atoms with Gasteiger partial charge in [-0.15, -0.1) is 0 Å². The van der Waals surface area contributed by atoms with Crippen LogP contribution in [0, 0.1) is 0 Å². The van der Waals surface area contributed by atoms with Crippen molar-refractivity contribution in [2.75, 3.05) is 39.3 Å². The fourth-order valence-corrected chi connectivity index (χ4v) is 3.18. The summed E-state index contributed by atoms with van der Waals surface area (Å²) in [6.07, 6.45) is 5.54. The predicted molar refractivity (Wildman–Crippen MR) is 82.7 cm³/mol. The van der Waals surface area contributed by atoms with Crippen molar-refractivity contribution in [1.29, 1.82) is 0 Å². The van der Waals surface area contributed by atoms with Gasteiger partial charge in [-0.3, -0.25) is 9.69 Å². The van der Waals surface area contributed by atoms with Crippen molar-refractivity contribution in [2.45, 2.75) is 45.1 Å². The van der Waals surface area contributed by atoms with Crippen molar-refractivity contribution < 1.29 is 4.79 Å². The van der Waals surface area contributed by atoms with Gasteiger partial charge in [0.1, 0.15) is 0 Å². The number of amides is 1. The van der Waals surface area contributed by atoms with Crippen LogP contribution in [0.4, 0.5) is 0 Å². The molecular formula is C16H29N3O. The first kappa shape index (κ1) is 15.5. The zero-order chi connectivity index (χ0) is 14.4. The van der Waals surface area contributed by atoms with Crippen LogP contribution in [0.2, 0.25) is 0 Å². The molecule has 1 amide bonds. The molecule has 114 valence electrons. The topological polar surface area (TPSA) is 35.6 Å². The average Bonchev–Trinajstić information content (AvgIpc) is 2.90. The number of carbonyl (C=O) groups is 1. The Kier molecular flexibility index (Phi) is 6.05. The van der Waals surface area contributed by atoms with Crippen LogP contribution in [0.5, 0.6) is 0 Å². The Labute approximate surface area is 123 Å². The predicted octanol–water partition coefficient (Wildman–Crippen LogP) is 1.63. The number of rotatable bonds is 6. The third-order valence-corrected chi connectivity index (χ3v) is 4.33. The quantitative estimate of drug-likeness (QED) is 0.751. The molecule has 0 spiro atoms. The van der Waals surface area contributed by atoms with Crippen LogP contribution < -0.4 is 5.32 Å². The highest BCUT2D eigenvalue weighted by atomic mass is 16.1. The van der Waals surface area contributed by atoms with Gasteiger partial charge in [-0.2, -0.15) is 0 Å². The van der Waals surface area contributed by atoms with Gasteiger partial charge in [0.25, 0.3) is 0 Å². The molecule has 2 rings (SSSR count). The molecule has 1 aliphatic heterocycles. The molecule has 0 radical (unpaired) electrons. The molecule has 1 saturated carbocycles. The van der Waals surface area contributed by atoms with Crippen molar-refractivity contribution in [1.82, 2.24) is 15.1 Å². The van der Waals surface area contributed by atoms with Crippen LogP contribution in [-0.2, 0) is 4.79 Å². The zero-order valence-corrected chi connectivity index (χ0v) is 12.9. The first-order valence-corrected chi connectivity index (χ1v) is 8.02. The first-order chi connectivity index (χ1) is 9.63. The molecule has 0 bridgehead atoms. The van der Waals surface area contributed by atoms with E-state index < -0.39 is 0 Å². The van der Waals surface area contributed by atoms with E-state index in [-0.39, 0.29) is 5.91 Å². The van der Waals surface area contributed by atoms with Gasteiger partial charge in [0, 0.05) is 51.7 Å². The lowest BCUT2D eigenvalue weighted by Gasteiger charge is -2.34. The number of hydrogen-bond donors (Lipinski definition) is 1. The maximum atomic E-state index is 11.9. The lowest BCUT2D eigenvalue weighted by molar-refractivity contribution is -0.122. The highest BCUT2D eigenvalue weighted by molar-refractivity contribution is 5.76. The molecule has 0 atom stereocenters. The van der Waals surface area contributed by atoms with Crippen molar-refractivity contribution in [3.63, 3.8) is 0 Å². The van der Waals surface area contributed by atoms with Crippen molar-refractivity contribution in [3.8, 4) is 0 Å². The van der Waals surface area contributed by atoms with Crippen molar-refractivity contribution in [2.24, 2.45) is 0 Å². The minimum atomic E-state index is 0.237. The molecule has 4 heteroatoms. The van der Waals surface area contributed by atoms with Gasteiger partial charge >= 0.3 is 0 Å². The Balaban J connectivity index is 1.58. The summed E-state index contributed by atoms with van der Waals surface area (Å²) in [5.74, 6) is 0.237. The molecule has 1 N–H and O–H groups in total. The van der Waals surface area contributed by atoms with Crippen LogP contribution in [0.3, 0.4) is 0 Å². The highest BCUT2D eigenvalue weighted by Gasteiger charge is 2.19. The van der Waals surface area contributed by atoms with Crippen LogP contribution >= 0.6 is 0 Å². The van der Waals surface area contributed by atoms with Gasteiger partial charge < -0.3 is 10.2 Å². The molecule has 0 aromatic carbocycles.